The summed E-state index contributed by atoms with van der Waals surface area (Å²) in [5.41, 5.74) is 0.784. The molecule has 108 valence electrons. The maximum Gasteiger partial charge on any atom is 0.123 e. The molecular weight excluding hydrogens is 241 g/mol. The number of aliphatic hydroxyl groups is 1. The van der Waals surface area contributed by atoms with Crippen molar-refractivity contribution in [2.24, 2.45) is 5.92 Å². The molecule has 2 unspecified atom stereocenters. The lowest BCUT2D eigenvalue weighted by molar-refractivity contribution is 0.134. The maximum absolute atomic E-state index is 12.8. The van der Waals surface area contributed by atoms with Crippen LogP contribution in [0.1, 0.15) is 45.3 Å². The predicted octanol–water partition coefficient (Wildman–Crippen LogP) is 3.62. The van der Waals surface area contributed by atoms with E-state index < -0.39 is 6.10 Å². The highest BCUT2D eigenvalue weighted by molar-refractivity contribution is 5.18. The fraction of sp³-hybridized carbons (Fsp3) is 0.625. The molecule has 0 aliphatic heterocycles. The van der Waals surface area contributed by atoms with Crippen molar-refractivity contribution in [1.82, 2.24) is 4.90 Å². The van der Waals surface area contributed by atoms with Crippen molar-refractivity contribution in [3.05, 3.63) is 35.6 Å². The molecule has 1 aromatic rings. The zero-order chi connectivity index (χ0) is 14.4. The van der Waals surface area contributed by atoms with Crippen LogP contribution in [0, 0.1) is 11.7 Å². The Morgan fingerprint density at radius 1 is 1.16 bits per heavy atom. The lowest BCUT2D eigenvalue weighted by Crippen LogP contribution is -2.31. The predicted molar refractivity (Wildman–Crippen MR) is 77.5 cm³/mol. The molecule has 0 aromatic heterocycles. The SMILES string of the molecule is CC(C)CC(C)N(C)CCC(O)c1ccc(F)cc1. The third kappa shape index (κ3) is 5.70. The van der Waals surface area contributed by atoms with Gasteiger partial charge in [0.05, 0.1) is 6.10 Å². The first-order valence-electron chi connectivity index (χ1n) is 7.04. The number of nitrogens with zero attached hydrogens (tertiary/aromatic N) is 1. The Kier molecular flexibility index (Phi) is 6.46. The van der Waals surface area contributed by atoms with Crippen LogP contribution in [-0.2, 0) is 0 Å². The second kappa shape index (κ2) is 7.61. The van der Waals surface area contributed by atoms with Gasteiger partial charge in [-0.2, -0.15) is 0 Å². The first-order valence-corrected chi connectivity index (χ1v) is 7.04. The molecule has 0 radical (unpaired) electrons. The number of hydrogen-bond acceptors (Lipinski definition) is 2. The summed E-state index contributed by atoms with van der Waals surface area (Å²) in [6.07, 6.45) is 1.31. The van der Waals surface area contributed by atoms with Crippen molar-refractivity contribution in [2.75, 3.05) is 13.6 Å². The number of aliphatic hydroxyl groups excluding tert-OH is 1. The highest BCUT2D eigenvalue weighted by Gasteiger charge is 2.13. The van der Waals surface area contributed by atoms with E-state index in [-0.39, 0.29) is 5.82 Å². The topological polar surface area (TPSA) is 23.5 Å². The standard InChI is InChI=1S/C16H26FNO/c1-12(2)11-13(3)18(4)10-9-16(19)14-5-7-15(17)8-6-14/h5-8,12-13,16,19H,9-11H2,1-4H3. The molecule has 0 heterocycles. The summed E-state index contributed by atoms with van der Waals surface area (Å²) in [7, 11) is 2.09. The quantitative estimate of drug-likeness (QED) is 0.815. The van der Waals surface area contributed by atoms with E-state index in [1.165, 1.54) is 12.1 Å². The van der Waals surface area contributed by atoms with Crippen LogP contribution in [0.3, 0.4) is 0 Å². The third-order valence-corrected chi connectivity index (χ3v) is 3.57. The first-order chi connectivity index (χ1) is 8.90. The van der Waals surface area contributed by atoms with Gasteiger partial charge in [0.2, 0.25) is 0 Å². The summed E-state index contributed by atoms with van der Waals surface area (Å²) < 4.78 is 12.8. The van der Waals surface area contributed by atoms with Crippen LogP contribution in [0.4, 0.5) is 4.39 Å². The molecule has 0 saturated heterocycles. The second-order valence-electron chi connectivity index (χ2n) is 5.82. The van der Waals surface area contributed by atoms with E-state index in [4.69, 9.17) is 0 Å². The van der Waals surface area contributed by atoms with Gasteiger partial charge in [-0.05, 0) is 50.4 Å². The van der Waals surface area contributed by atoms with Crippen LogP contribution in [0.5, 0.6) is 0 Å². The highest BCUT2D eigenvalue weighted by atomic mass is 19.1. The zero-order valence-electron chi connectivity index (χ0n) is 12.4. The van der Waals surface area contributed by atoms with Crippen molar-refractivity contribution in [2.45, 2.75) is 45.8 Å². The second-order valence-corrected chi connectivity index (χ2v) is 5.82. The fourth-order valence-corrected chi connectivity index (χ4v) is 2.26. The normalized spacial score (nSPS) is 14.9. The van der Waals surface area contributed by atoms with Crippen LogP contribution in [0.15, 0.2) is 24.3 Å². The summed E-state index contributed by atoms with van der Waals surface area (Å²) >= 11 is 0. The molecule has 1 aromatic carbocycles. The Balaban J connectivity index is 2.41. The molecule has 1 rings (SSSR count). The van der Waals surface area contributed by atoms with Crippen molar-refractivity contribution >= 4 is 0 Å². The number of rotatable bonds is 7. The molecule has 0 aliphatic carbocycles. The van der Waals surface area contributed by atoms with Gasteiger partial charge in [0.15, 0.2) is 0 Å². The van der Waals surface area contributed by atoms with Crippen LogP contribution >= 0.6 is 0 Å². The van der Waals surface area contributed by atoms with E-state index in [9.17, 15) is 9.50 Å². The Morgan fingerprint density at radius 2 is 1.74 bits per heavy atom. The third-order valence-electron chi connectivity index (χ3n) is 3.57. The van der Waals surface area contributed by atoms with E-state index in [0.29, 0.717) is 18.4 Å². The summed E-state index contributed by atoms with van der Waals surface area (Å²) in [6, 6.07) is 6.60. The fourth-order valence-electron chi connectivity index (χ4n) is 2.26. The van der Waals surface area contributed by atoms with Gasteiger partial charge < -0.3 is 10.0 Å². The van der Waals surface area contributed by atoms with Gasteiger partial charge in [0.1, 0.15) is 5.82 Å². The molecule has 0 aliphatic rings. The summed E-state index contributed by atoms with van der Waals surface area (Å²) in [5.74, 6) is 0.415. The molecule has 0 fully saturated rings. The Labute approximate surface area is 116 Å². The largest absolute Gasteiger partial charge is 0.388 e. The Bertz CT molecular complexity index is 364. The van der Waals surface area contributed by atoms with E-state index in [2.05, 4.69) is 32.7 Å². The van der Waals surface area contributed by atoms with Crippen molar-refractivity contribution in [3.8, 4) is 0 Å². The molecule has 0 bridgehead atoms. The summed E-state index contributed by atoms with van der Waals surface area (Å²) in [6.45, 7) is 7.49. The molecule has 0 saturated carbocycles. The van der Waals surface area contributed by atoms with Crippen molar-refractivity contribution < 1.29 is 9.50 Å². The summed E-state index contributed by atoms with van der Waals surface area (Å²) in [4.78, 5) is 2.27. The monoisotopic (exact) mass is 267 g/mol. The van der Waals surface area contributed by atoms with Gasteiger partial charge in [0.25, 0.3) is 0 Å². The van der Waals surface area contributed by atoms with Crippen LogP contribution in [0.25, 0.3) is 0 Å². The molecule has 3 heteroatoms. The van der Waals surface area contributed by atoms with Gasteiger partial charge >= 0.3 is 0 Å². The molecule has 1 N–H and O–H groups in total. The molecule has 2 nitrogen and oxygen atoms in total. The van der Waals surface area contributed by atoms with Gasteiger partial charge in [-0.3, -0.25) is 0 Å². The van der Waals surface area contributed by atoms with Crippen LogP contribution in [0.2, 0.25) is 0 Å². The zero-order valence-corrected chi connectivity index (χ0v) is 12.4. The average molecular weight is 267 g/mol. The van der Waals surface area contributed by atoms with E-state index in [1.807, 2.05) is 0 Å². The minimum absolute atomic E-state index is 0.265. The van der Waals surface area contributed by atoms with Crippen LogP contribution in [-0.4, -0.2) is 29.6 Å². The van der Waals surface area contributed by atoms with E-state index >= 15 is 0 Å². The molecular formula is C16H26FNO. The Hall–Kier alpha value is -0.930. The van der Waals surface area contributed by atoms with Gasteiger partial charge in [-0.25, -0.2) is 4.39 Å². The van der Waals surface area contributed by atoms with Crippen LogP contribution < -0.4 is 0 Å². The van der Waals surface area contributed by atoms with Gasteiger partial charge in [-0.15, -0.1) is 0 Å². The number of hydrogen-bond donors (Lipinski definition) is 1. The lowest BCUT2D eigenvalue weighted by Gasteiger charge is -2.27. The molecule has 19 heavy (non-hydrogen) atoms. The molecule has 0 amide bonds. The summed E-state index contributed by atoms with van der Waals surface area (Å²) in [5, 5.41) is 10.1. The van der Waals surface area contributed by atoms with Crippen molar-refractivity contribution in [3.63, 3.8) is 0 Å². The van der Waals surface area contributed by atoms with E-state index in [0.717, 1.165) is 18.5 Å². The smallest absolute Gasteiger partial charge is 0.123 e. The molecule has 2 atom stereocenters. The maximum atomic E-state index is 12.8. The van der Waals surface area contributed by atoms with Gasteiger partial charge in [0, 0.05) is 12.6 Å². The average Bonchev–Trinajstić information content (AvgIpc) is 2.35. The Morgan fingerprint density at radius 3 is 2.26 bits per heavy atom. The van der Waals surface area contributed by atoms with Gasteiger partial charge in [-0.1, -0.05) is 26.0 Å². The lowest BCUT2D eigenvalue weighted by atomic mass is 10.0. The minimum atomic E-state index is -0.519. The number of benzene rings is 1. The first kappa shape index (κ1) is 16.1. The molecule has 0 spiro atoms. The van der Waals surface area contributed by atoms with Crippen molar-refractivity contribution in [1.29, 1.82) is 0 Å². The van der Waals surface area contributed by atoms with E-state index in [1.54, 1.807) is 12.1 Å². The number of halogens is 1. The minimum Gasteiger partial charge on any atom is -0.388 e. The highest BCUT2D eigenvalue weighted by Crippen LogP contribution is 2.18.